The highest BCUT2D eigenvalue weighted by Crippen LogP contribution is 2.25. The standard InChI is InChI=1S/C15H20BrN3/c1-11(2)19-15(17-10-18-19)8-13(9-16)14-7-5-4-6-12(14)3/h4-7,10-11,13H,8-9H2,1-3H3. The first kappa shape index (κ1) is 14.3. The number of rotatable bonds is 5. The SMILES string of the molecule is Cc1ccccc1C(CBr)Cc1ncnn1C(C)C. The summed E-state index contributed by atoms with van der Waals surface area (Å²) >= 11 is 3.64. The van der Waals surface area contributed by atoms with Crippen LogP contribution in [0.5, 0.6) is 0 Å². The molecule has 2 aromatic rings. The second-order valence-electron chi connectivity index (χ2n) is 5.13. The highest BCUT2D eigenvalue weighted by Gasteiger charge is 2.17. The Kier molecular flexibility index (Phi) is 4.75. The molecule has 1 aromatic heterocycles. The Morgan fingerprint density at radius 2 is 2.00 bits per heavy atom. The zero-order chi connectivity index (χ0) is 13.8. The molecule has 0 aliphatic rings. The normalized spacial score (nSPS) is 12.9. The predicted octanol–water partition coefficient (Wildman–Crippen LogP) is 3.89. The highest BCUT2D eigenvalue weighted by atomic mass is 79.9. The summed E-state index contributed by atoms with van der Waals surface area (Å²) in [6.45, 7) is 6.43. The molecule has 0 aliphatic heterocycles. The van der Waals surface area contributed by atoms with Gasteiger partial charge in [-0.1, -0.05) is 40.2 Å². The molecule has 0 amide bonds. The van der Waals surface area contributed by atoms with E-state index in [-0.39, 0.29) is 0 Å². The van der Waals surface area contributed by atoms with Gasteiger partial charge in [-0.3, -0.25) is 0 Å². The highest BCUT2D eigenvalue weighted by molar-refractivity contribution is 9.09. The Morgan fingerprint density at radius 1 is 1.26 bits per heavy atom. The topological polar surface area (TPSA) is 30.7 Å². The maximum Gasteiger partial charge on any atom is 0.138 e. The molecule has 19 heavy (non-hydrogen) atoms. The van der Waals surface area contributed by atoms with Crippen LogP contribution in [0.2, 0.25) is 0 Å². The van der Waals surface area contributed by atoms with Gasteiger partial charge in [0.1, 0.15) is 12.2 Å². The van der Waals surface area contributed by atoms with Crippen LogP contribution in [0.4, 0.5) is 0 Å². The number of nitrogens with zero attached hydrogens (tertiary/aromatic N) is 3. The molecular formula is C15H20BrN3. The fourth-order valence-corrected chi connectivity index (χ4v) is 2.94. The van der Waals surface area contributed by atoms with Gasteiger partial charge in [-0.05, 0) is 31.9 Å². The number of benzene rings is 1. The van der Waals surface area contributed by atoms with E-state index >= 15 is 0 Å². The molecule has 0 radical (unpaired) electrons. The van der Waals surface area contributed by atoms with E-state index in [0.717, 1.165) is 17.6 Å². The van der Waals surface area contributed by atoms with Gasteiger partial charge in [-0.15, -0.1) is 0 Å². The molecule has 0 bridgehead atoms. The van der Waals surface area contributed by atoms with Gasteiger partial charge in [0.05, 0.1) is 0 Å². The molecule has 4 heteroatoms. The third kappa shape index (κ3) is 3.24. The molecule has 0 saturated heterocycles. The van der Waals surface area contributed by atoms with E-state index in [1.807, 2.05) is 4.68 Å². The molecule has 1 unspecified atom stereocenters. The molecule has 1 aromatic carbocycles. The Labute approximate surface area is 123 Å². The Bertz CT molecular complexity index is 534. The summed E-state index contributed by atoms with van der Waals surface area (Å²) in [6, 6.07) is 8.91. The second-order valence-corrected chi connectivity index (χ2v) is 5.77. The summed E-state index contributed by atoms with van der Waals surface area (Å²) in [4.78, 5) is 4.41. The molecule has 0 saturated carbocycles. The molecule has 0 N–H and O–H groups in total. The van der Waals surface area contributed by atoms with Crippen LogP contribution in [0, 0.1) is 6.92 Å². The Balaban J connectivity index is 2.25. The van der Waals surface area contributed by atoms with Gasteiger partial charge in [0.25, 0.3) is 0 Å². The number of halogens is 1. The second kappa shape index (κ2) is 6.33. The van der Waals surface area contributed by atoms with Gasteiger partial charge < -0.3 is 0 Å². The predicted molar refractivity (Wildman–Crippen MR) is 81.8 cm³/mol. The average molecular weight is 322 g/mol. The lowest BCUT2D eigenvalue weighted by atomic mass is 9.93. The van der Waals surface area contributed by atoms with Crippen LogP contribution in [0.15, 0.2) is 30.6 Å². The maximum atomic E-state index is 4.41. The van der Waals surface area contributed by atoms with E-state index in [1.54, 1.807) is 6.33 Å². The van der Waals surface area contributed by atoms with Crippen molar-refractivity contribution >= 4 is 15.9 Å². The van der Waals surface area contributed by atoms with Crippen LogP contribution in [-0.4, -0.2) is 20.1 Å². The summed E-state index contributed by atoms with van der Waals surface area (Å²) in [7, 11) is 0. The van der Waals surface area contributed by atoms with Gasteiger partial charge >= 0.3 is 0 Å². The maximum absolute atomic E-state index is 4.41. The quantitative estimate of drug-likeness (QED) is 0.782. The zero-order valence-electron chi connectivity index (χ0n) is 11.7. The molecular weight excluding hydrogens is 302 g/mol. The van der Waals surface area contributed by atoms with Crippen LogP contribution in [0.1, 0.15) is 42.8 Å². The molecule has 0 aliphatic carbocycles. The van der Waals surface area contributed by atoms with Crippen LogP contribution in [0.3, 0.4) is 0 Å². The van der Waals surface area contributed by atoms with E-state index in [2.05, 4.69) is 71.0 Å². The largest absolute Gasteiger partial charge is 0.248 e. The molecule has 0 fully saturated rings. The molecule has 1 atom stereocenters. The van der Waals surface area contributed by atoms with Gasteiger partial charge in [-0.25, -0.2) is 9.67 Å². The van der Waals surface area contributed by atoms with Crippen molar-refractivity contribution in [2.24, 2.45) is 0 Å². The lowest BCUT2D eigenvalue weighted by Gasteiger charge is -2.18. The number of alkyl halides is 1. The average Bonchev–Trinajstić information content (AvgIpc) is 2.85. The third-order valence-electron chi connectivity index (χ3n) is 3.38. The van der Waals surface area contributed by atoms with Crippen molar-refractivity contribution in [2.45, 2.75) is 39.2 Å². The molecule has 0 spiro atoms. The summed E-state index contributed by atoms with van der Waals surface area (Å²) in [5.41, 5.74) is 2.72. The number of hydrogen-bond acceptors (Lipinski definition) is 2. The number of hydrogen-bond donors (Lipinski definition) is 0. The lowest BCUT2D eigenvalue weighted by Crippen LogP contribution is -2.13. The van der Waals surface area contributed by atoms with Gasteiger partial charge in [0.2, 0.25) is 0 Å². The molecule has 1 heterocycles. The van der Waals surface area contributed by atoms with Crippen LogP contribution < -0.4 is 0 Å². The van der Waals surface area contributed by atoms with E-state index < -0.39 is 0 Å². The van der Waals surface area contributed by atoms with Gasteiger partial charge in [-0.2, -0.15) is 5.10 Å². The summed E-state index contributed by atoms with van der Waals surface area (Å²) in [5.74, 6) is 1.49. The van der Waals surface area contributed by atoms with Crippen LogP contribution in [0.25, 0.3) is 0 Å². The minimum atomic E-state index is 0.352. The van der Waals surface area contributed by atoms with Gasteiger partial charge in [0.15, 0.2) is 0 Å². The van der Waals surface area contributed by atoms with Crippen molar-refractivity contribution in [3.05, 3.63) is 47.5 Å². The van der Waals surface area contributed by atoms with E-state index in [4.69, 9.17) is 0 Å². The van der Waals surface area contributed by atoms with Crippen LogP contribution >= 0.6 is 15.9 Å². The first-order valence-electron chi connectivity index (χ1n) is 6.63. The third-order valence-corrected chi connectivity index (χ3v) is 4.16. The Hall–Kier alpha value is -1.16. The van der Waals surface area contributed by atoms with Crippen molar-refractivity contribution in [1.29, 1.82) is 0 Å². The van der Waals surface area contributed by atoms with Crippen LogP contribution in [-0.2, 0) is 6.42 Å². The minimum absolute atomic E-state index is 0.352. The van der Waals surface area contributed by atoms with Crippen molar-refractivity contribution in [1.82, 2.24) is 14.8 Å². The molecule has 102 valence electrons. The fourth-order valence-electron chi connectivity index (χ4n) is 2.36. The van der Waals surface area contributed by atoms with E-state index in [9.17, 15) is 0 Å². The monoisotopic (exact) mass is 321 g/mol. The molecule has 3 nitrogen and oxygen atoms in total. The smallest absolute Gasteiger partial charge is 0.138 e. The summed E-state index contributed by atoms with van der Waals surface area (Å²) < 4.78 is 2.01. The number of aryl methyl sites for hydroxylation is 1. The van der Waals surface area contributed by atoms with Crippen molar-refractivity contribution in [3.63, 3.8) is 0 Å². The summed E-state index contributed by atoms with van der Waals surface area (Å²) in [6.07, 6.45) is 2.56. The molecule has 2 rings (SSSR count). The number of aromatic nitrogens is 3. The fraction of sp³-hybridized carbons (Fsp3) is 0.467. The van der Waals surface area contributed by atoms with Gasteiger partial charge in [0, 0.05) is 23.7 Å². The van der Waals surface area contributed by atoms with Crippen molar-refractivity contribution < 1.29 is 0 Å². The lowest BCUT2D eigenvalue weighted by molar-refractivity contribution is 0.496. The Morgan fingerprint density at radius 3 is 2.63 bits per heavy atom. The van der Waals surface area contributed by atoms with E-state index in [1.165, 1.54) is 11.1 Å². The van der Waals surface area contributed by atoms with Crippen molar-refractivity contribution in [3.8, 4) is 0 Å². The first-order valence-corrected chi connectivity index (χ1v) is 7.75. The summed E-state index contributed by atoms with van der Waals surface area (Å²) in [5, 5.41) is 5.24. The van der Waals surface area contributed by atoms with Crippen molar-refractivity contribution in [2.75, 3.05) is 5.33 Å². The first-order chi connectivity index (χ1) is 9.13. The minimum Gasteiger partial charge on any atom is -0.248 e. The zero-order valence-corrected chi connectivity index (χ0v) is 13.3. The van der Waals surface area contributed by atoms with E-state index in [0.29, 0.717) is 12.0 Å².